The Labute approximate surface area is 146 Å². The molecule has 6 heteroatoms. The number of hydrogen-bond acceptors (Lipinski definition) is 5. The molecule has 1 atom stereocenters. The Morgan fingerprint density at radius 2 is 2.38 bits per heavy atom. The van der Waals surface area contributed by atoms with E-state index in [9.17, 15) is 4.79 Å². The minimum atomic E-state index is -0.147. The average Bonchev–Trinajstić information content (AvgIpc) is 3.02. The van der Waals surface area contributed by atoms with Crippen LogP contribution in [0.15, 0.2) is 23.6 Å². The zero-order chi connectivity index (χ0) is 16.9. The van der Waals surface area contributed by atoms with E-state index in [4.69, 9.17) is 9.47 Å². The highest BCUT2D eigenvalue weighted by atomic mass is 32.1. The van der Waals surface area contributed by atoms with Crippen molar-refractivity contribution < 1.29 is 14.3 Å². The third kappa shape index (κ3) is 3.87. The van der Waals surface area contributed by atoms with E-state index in [1.807, 2.05) is 25.1 Å². The zero-order valence-electron chi connectivity index (χ0n) is 14.0. The van der Waals surface area contributed by atoms with Crippen LogP contribution in [0.1, 0.15) is 22.7 Å². The number of nitrogens with one attached hydrogen (secondary N) is 1. The maximum absolute atomic E-state index is 12.3. The molecule has 2 heterocycles. The molecule has 2 aromatic rings. The summed E-state index contributed by atoms with van der Waals surface area (Å²) in [7, 11) is 1.63. The number of para-hydroxylation sites is 1. The van der Waals surface area contributed by atoms with E-state index in [0.29, 0.717) is 19.6 Å². The van der Waals surface area contributed by atoms with Crippen LogP contribution in [0.5, 0.6) is 11.5 Å². The number of benzene rings is 1. The first-order chi connectivity index (χ1) is 11.7. The number of hydrogen-bond donors (Lipinski definition) is 1. The molecule has 0 saturated heterocycles. The molecule has 1 amide bonds. The van der Waals surface area contributed by atoms with Crippen LogP contribution in [0.2, 0.25) is 0 Å². The Kier molecular flexibility index (Phi) is 5.35. The molecule has 128 valence electrons. The van der Waals surface area contributed by atoms with E-state index in [1.165, 1.54) is 0 Å². The van der Waals surface area contributed by atoms with Gasteiger partial charge in [0.1, 0.15) is 6.61 Å². The molecule has 24 heavy (non-hydrogen) atoms. The van der Waals surface area contributed by atoms with Crippen molar-refractivity contribution in [2.75, 3.05) is 20.3 Å². The summed E-state index contributed by atoms with van der Waals surface area (Å²) in [5.41, 5.74) is 2.09. The van der Waals surface area contributed by atoms with Crippen LogP contribution in [0, 0.1) is 12.8 Å². The molecule has 0 unspecified atom stereocenters. The van der Waals surface area contributed by atoms with Crippen LogP contribution in [-0.4, -0.2) is 31.2 Å². The maximum Gasteiger partial charge on any atom is 0.226 e. The summed E-state index contributed by atoms with van der Waals surface area (Å²) in [6.07, 6.45) is 2.49. The summed E-state index contributed by atoms with van der Waals surface area (Å²) in [4.78, 5) is 16.8. The monoisotopic (exact) mass is 346 g/mol. The summed E-state index contributed by atoms with van der Waals surface area (Å²) in [6.45, 7) is 3.06. The lowest BCUT2D eigenvalue weighted by Gasteiger charge is -2.25. The van der Waals surface area contributed by atoms with Gasteiger partial charge < -0.3 is 14.8 Å². The van der Waals surface area contributed by atoms with Gasteiger partial charge in [-0.15, -0.1) is 11.3 Å². The minimum Gasteiger partial charge on any atom is -0.493 e. The van der Waals surface area contributed by atoms with E-state index in [0.717, 1.165) is 40.6 Å². The van der Waals surface area contributed by atoms with E-state index >= 15 is 0 Å². The summed E-state index contributed by atoms with van der Waals surface area (Å²) in [5, 5.41) is 6.20. The molecular weight excluding hydrogens is 324 g/mol. The van der Waals surface area contributed by atoms with Gasteiger partial charge in [0.15, 0.2) is 11.5 Å². The first kappa shape index (κ1) is 16.8. The van der Waals surface area contributed by atoms with Gasteiger partial charge in [-0.25, -0.2) is 4.98 Å². The molecule has 1 aliphatic heterocycles. The fourth-order valence-electron chi connectivity index (χ4n) is 2.84. The topological polar surface area (TPSA) is 60.5 Å². The molecule has 1 aromatic carbocycles. The number of thiazole rings is 1. The van der Waals surface area contributed by atoms with Crippen LogP contribution in [0.4, 0.5) is 0 Å². The van der Waals surface area contributed by atoms with Gasteiger partial charge in [0.25, 0.3) is 0 Å². The molecule has 0 radical (unpaired) electrons. The fourth-order valence-corrected chi connectivity index (χ4v) is 3.65. The predicted molar refractivity (Wildman–Crippen MR) is 93.9 cm³/mol. The second-order valence-electron chi connectivity index (χ2n) is 5.94. The Morgan fingerprint density at radius 1 is 1.50 bits per heavy atom. The first-order valence-electron chi connectivity index (χ1n) is 8.14. The number of carbonyl (C=O) groups is 1. The molecule has 0 spiro atoms. The zero-order valence-corrected chi connectivity index (χ0v) is 14.8. The number of carbonyl (C=O) groups excluding carboxylic acids is 1. The van der Waals surface area contributed by atoms with Crippen LogP contribution >= 0.6 is 11.3 Å². The highest BCUT2D eigenvalue weighted by Crippen LogP contribution is 2.35. The summed E-state index contributed by atoms with van der Waals surface area (Å²) in [6, 6.07) is 5.79. The van der Waals surface area contributed by atoms with Crippen molar-refractivity contribution >= 4 is 17.2 Å². The fraction of sp³-hybridized carbons (Fsp3) is 0.444. The van der Waals surface area contributed by atoms with Gasteiger partial charge >= 0.3 is 0 Å². The third-order valence-corrected chi connectivity index (χ3v) is 5.11. The van der Waals surface area contributed by atoms with Gasteiger partial charge in [-0.05, 0) is 31.4 Å². The van der Waals surface area contributed by atoms with Crippen LogP contribution in [-0.2, 0) is 17.6 Å². The number of methoxy groups -OCH3 is 1. The first-order valence-corrected chi connectivity index (χ1v) is 9.02. The molecule has 1 aromatic heterocycles. The molecular formula is C18H22N2O3S. The van der Waals surface area contributed by atoms with Gasteiger partial charge in [-0.1, -0.05) is 12.1 Å². The molecule has 5 nitrogen and oxygen atoms in total. The van der Waals surface area contributed by atoms with Crippen LogP contribution < -0.4 is 14.8 Å². The van der Waals surface area contributed by atoms with Crippen molar-refractivity contribution in [3.63, 3.8) is 0 Å². The van der Waals surface area contributed by atoms with Gasteiger partial charge in [0.2, 0.25) is 5.91 Å². The van der Waals surface area contributed by atoms with Crippen molar-refractivity contribution in [2.45, 2.75) is 26.2 Å². The highest BCUT2D eigenvalue weighted by molar-refractivity contribution is 7.09. The summed E-state index contributed by atoms with van der Waals surface area (Å²) in [5.74, 6) is 1.40. The lowest BCUT2D eigenvalue weighted by molar-refractivity contribution is -0.126. The molecule has 1 N–H and O–H groups in total. The Hall–Kier alpha value is -2.08. The second-order valence-corrected chi connectivity index (χ2v) is 6.88. The minimum absolute atomic E-state index is 0.0544. The number of nitrogens with zero attached hydrogens (tertiary/aromatic N) is 1. The van der Waals surface area contributed by atoms with Crippen molar-refractivity contribution in [3.8, 4) is 11.5 Å². The highest BCUT2D eigenvalue weighted by Gasteiger charge is 2.27. The van der Waals surface area contributed by atoms with E-state index in [-0.39, 0.29) is 11.8 Å². The van der Waals surface area contributed by atoms with Crippen molar-refractivity contribution in [1.29, 1.82) is 0 Å². The number of rotatable bonds is 6. The Balaban J connectivity index is 1.47. The lowest BCUT2D eigenvalue weighted by atomic mass is 9.95. The van der Waals surface area contributed by atoms with E-state index < -0.39 is 0 Å². The smallest absolute Gasteiger partial charge is 0.226 e. The van der Waals surface area contributed by atoms with E-state index in [2.05, 4.69) is 15.7 Å². The maximum atomic E-state index is 12.3. The normalized spacial score (nSPS) is 16.2. The van der Waals surface area contributed by atoms with Gasteiger partial charge in [0.05, 0.1) is 18.0 Å². The lowest BCUT2D eigenvalue weighted by Crippen LogP contribution is -2.37. The second kappa shape index (κ2) is 7.66. The van der Waals surface area contributed by atoms with Gasteiger partial charge in [0, 0.05) is 24.0 Å². The average molecular weight is 346 g/mol. The summed E-state index contributed by atoms with van der Waals surface area (Å²) < 4.78 is 11.1. The van der Waals surface area contributed by atoms with Crippen LogP contribution in [0.25, 0.3) is 0 Å². The number of aryl methyl sites for hydroxylation is 2. The number of amides is 1. The number of ether oxygens (including phenoxy) is 2. The van der Waals surface area contributed by atoms with E-state index in [1.54, 1.807) is 18.4 Å². The molecule has 0 saturated carbocycles. The Bertz CT molecular complexity index is 714. The van der Waals surface area contributed by atoms with Gasteiger partial charge in [-0.3, -0.25) is 4.79 Å². The summed E-state index contributed by atoms with van der Waals surface area (Å²) >= 11 is 1.68. The van der Waals surface area contributed by atoms with Crippen molar-refractivity contribution in [3.05, 3.63) is 39.8 Å². The van der Waals surface area contributed by atoms with Crippen LogP contribution in [0.3, 0.4) is 0 Å². The quantitative estimate of drug-likeness (QED) is 0.817. The third-order valence-electron chi connectivity index (χ3n) is 4.08. The van der Waals surface area contributed by atoms with Gasteiger partial charge in [-0.2, -0.15) is 0 Å². The number of fused-ring (bicyclic) bond motifs is 1. The number of aromatic nitrogens is 1. The van der Waals surface area contributed by atoms with Crippen molar-refractivity contribution in [2.24, 2.45) is 5.92 Å². The molecule has 1 aliphatic rings. The molecule has 0 bridgehead atoms. The molecule has 0 fully saturated rings. The molecule has 0 aliphatic carbocycles. The largest absolute Gasteiger partial charge is 0.493 e. The predicted octanol–water partition coefficient (Wildman–Crippen LogP) is 2.76. The SMILES string of the molecule is COc1cccc2c1OC[C@H](C(=O)NCCCc1nc(C)cs1)C2. The van der Waals surface area contributed by atoms with Crippen molar-refractivity contribution in [1.82, 2.24) is 10.3 Å². The standard InChI is InChI=1S/C18H22N2O3S/c1-12-11-24-16(20-12)7-4-8-19-18(21)14-9-13-5-3-6-15(22-2)17(13)23-10-14/h3,5-6,11,14H,4,7-10H2,1-2H3,(H,19,21)/t14-/m1/s1. The Morgan fingerprint density at radius 3 is 3.12 bits per heavy atom. The molecule has 3 rings (SSSR count).